The van der Waals surface area contributed by atoms with Crippen LogP contribution >= 0.6 is 0 Å². The van der Waals surface area contributed by atoms with Crippen LogP contribution in [0.15, 0.2) is 59.4 Å². The lowest BCUT2D eigenvalue weighted by atomic mass is 10.1. The van der Waals surface area contributed by atoms with Gasteiger partial charge in [0.15, 0.2) is 0 Å². The minimum Gasteiger partial charge on any atom is -0.354 e. The van der Waals surface area contributed by atoms with Crippen LogP contribution in [0.25, 0.3) is 10.9 Å². The molecule has 1 unspecified atom stereocenters. The molecular formula is C22H24FN3O2. The van der Waals surface area contributed by atoms with Crippen molar-refractivity contribution in [2.75, 3.05) is 20.6 Å². The molecule has 0 bridgehead atoms. The Balaban J connectivity index is 1.61. The first kappa shape index (κ1) is 19.8. The molecule has 1 aromatic heterocycles. The molecule has 0 fully saturated rings. The molecule has 2 N–H and O–H groups in total. The minimum absolute atomic E-state index is 0.0733. The van der Waals surface area contributed by atoms with Crippen molar-refractivity contribution in [1.82, 2.24) is 15.2 Å². The van der Waals surface area contributed by atoms with E-state index in [4.69, 9.17) is 0 Å². The van der Waals surface area contributed by atoms with Gasteiger partial charge in [-0.05, 0) is 55.7 Å². The first-order valence-corrected chi connectivity index (χ1v) is 9.23. The number of nitrogens with one attached hydrogen (secondary N) is 2. The topological polar surface area (TPSA) is 65.2 Å². The Bertz CT molecular complexity index is 1020. The van der Waals surface area contributed by atoms with Crippen LogP contribution in [0.4, 0.5) is 4.39 Å². The molecule has 0 aliphatic carbocycles. The standard InChI is InChI=1S/C22H24FN3O2/c1-26(2)20(15-6-4-3-5-7-15)14-24-21(27)11-9-17-12-16-8-10-18(23)13-19(16)25-22(17)28/h3-8,10,12-13,20H,9,11,14H2,1-2H3,(H,24,27)(H,25,28). The van der Waals surface area contributed by atoms with Crippen molar-refractivity contribution in [3.63, 3.8) is 0 Å². The number of halogens is 1. The first-order valence-electron chi connectivity index (χ1n) is 9.23. The maximum atomic E-state index is 13.3. The quantitative estimate of drug-likeness (QED) is 0.661. The SMILES string of the molecule is CN(C)C(CNC(=O)CCc1cc2ccc(F)cc2[nH]c1=O)c1ccccc1. The smallest absolute Gasteiger partial charge is 0.251 e. The second-order valence-corrected chi connectivity index (χ2v) is 7.05. The molecule has 1 heterocycles. The molecule has 0 saturated carbocycles. The number of H-pyrrole nitrogens is 1. The van der Waals surface area contributed by atoms with Gasteiger partial charge in [-0.15, -0.1) is 0 Å². The summed E-state index contributed by atoms with van der Waals surface area (Å²) in [5.41, 5.74) is 1.81. The summed E-state index contributed by atoms with van der Waals surface area (Å²) in [7, 11) is 3.95. The fourth-order valence-electron chi connectivity index (χ4n) is 3.23. The van der Waals surface area contributed by atoms with Gasteiger partial charge in [-0.25, -0.2) is 4.39 Å². The van der Waals surface area contributed by atoms with Crippen LogP contribution in [0.2, 0.25) is 0 Å². The summed E-state index contributed by atoms with van der Waals surface area (Å²) >= 11 is 0. The molecule has 1 amide bonds. The molecule has 6 heteroatoms. The van der Waals surface area contributed by atoms with Crippen molar-refractivity contribution in [2.45, 2.75) is 18.9 Å². The molecular weight excluding hydrogens is 357 g/mol. The number of carbonyl (C=O) groups excluding carboxylic acids is 1. The van der Waals surface area contributed by atoms with Crippen LogP contribution in [-0.4, -0.2) is 36.4 Å². The highest BCUT2D eigenvalue weighted by molar-refractivity contribution is 5.79. The number of hydrogen-bond acceptors (Lipinski definition) is 3. The molecule has 0 aliphatic rings. The van der Waals surface area contributed by atoms with Crippen LogP contribution in [0.5, 0.6) is 0 Å². The Labute approximate surface area is 163 Å². The van der Waals surface area contributed by atoms with Crippen molar-refractivity contribution < 1.29 is 9.18 Å². The van der Waals surface area contributed by atoms with E-state index in [9.17, 15) is 14.0 Å². The number of pyridine rings is 1. The van der Waals surface area contributed by atoms with Gasteiger partial charge in [0.05, 0.1) is 11.6 Å². The van der Waals surface area contributed by atoms with E-state index in [1.165, 1.54) is 12.1 Å². The minimum atomic E-state index is -0.399. The first-order chi connectivity index (χ1) is 13.4. The van der Waals surface area contributed by atoms with Crippen LogP contribution in [0.1, 0.15) is 23.6 Å². The van der Waals surface area contributed by atoms with Gasteiger partial charge in [0.1, 0.15) is 5.82 Å². The molecule has 0 spiro atoms. The molecule has 0 aliphatic heterocycles. The number of nitrogens with zero attached hydrogens (tertiary/aromatic N) is 1. The zero-order valence-corrected chi connectivity index (χ0v) is 16.0. The fraction of sp³-hybridized carbons (Fsp3) is 0.273. The van der Waals surface area contributed by atoms with Crippen LogP contribution in [0.3, 0.4) is 0 Å². The van der Waals surface area contributed by atoms with E-state index in [2.05, 4.69) is 15.2 Å². The number of amides is 1. The number of carbonyl (C=O) groups is 1. The van der Waals surface area contributed by atoms with Gasteiger partial charge < -0.3 is 15.2 Å². The number of rotatable bonds is 7. The summed E-state index contributed by atoms with van der Waals surface area (Å²) in [5, 5.41) is 3.70. The highest BCUT2D eigenvalue weighted by atomic mass is 19.1. The van der Waals surface area contributed by atoms with E-state index in [-0.39, 0.29) is 23.9 Å². The van der Waals surface area contributed by atoms with E-state index < -0.39 is 5.82 Å². The Hall–Kier alpha value is -2.99. The van der Waals surface area contributed by atoms with E-state index in [0.29, 0.717) is 24.0 Å². The third kappa shape index (κ3) is 4.84. The zero-order chi connectivity index (χ0) is 20.1. The lowest BCUT2D eigenvalue weighted by molar-refractivity contribution is -0.121. The Morgan fingerprint density at radius 3 is 2.61 bits per heavy atom. The third-order valence-corrected chi connectivity index (χ3v) is 4.81. The number of aromatic nitrogens is 1. The number of fused-ring (bicyclic) bond motifs is 1. The Kier molecular flexibility index (Phi) is 6.21. The fourth-order valence-corrected chi connectivity index (χ4v) is 3.23. The van der Waals surface area contributed by atoms with E-state index in [0.717, 1.165) is 10.9 Å². The Morgan fingerprint density at radius 1 is 1.14 bits per heavy atom. The lowest BCUT2D eigenvalue weighted by Crippen LogP contribution is -2.34. The van der Waals surface area contributed by atoms with Crippen LogP contribution in [0, 0.1) is 5.82 Å². The third-order valence-electron chi connectivity index (χ3n) is 4.81. The predicted octanol–water partition coefficient (Wildman–Crippen LogP) is 3.02. The zero-order valence-electron chi connectivity index (χ0n) is 16.0. The van der Waals surface area contributed by atoms with Crippen molar-refractivity contribution in [2.24, 2.45) is 0 Å². The number of hydrogen-bond donors (Lipinski definition) is 2. The molecule has 1 atom stereocenters. The van der Waals surface area contributed by atoms with Gasteiger partial charge in [-0.3, -0.25) is 9.59 Å². The molecule has 2 aromatic carbocycles. The lowest BCUT2D eigenvalue weighted by Gasteiger charge is -2.25. The van der Waals surface area contributed by atoms with Gasteiger partial charge in [-0.2, -0.15) is 0 Å². The van der Waals surface area contributed by atoms with Crippen molar-refractivity contribution >= 4 is 16.8 Å². The number of likely N-dealkylation sites (N-methyl/N-ethyl adjacent to an activating group) is 1. The summed E-state index contributed by atoms with van der Waals surface area (Å²) in [5.74, 6) is -0.509. The van der Waals surface area contributed by atoms with E-state index >= 15 is 0 Å². The van der Waals surface area contributed by atoms with Crippen molar-refractivity contribution in [3.8, 4) is 0 Å². The predicted molar refractivity (Wildman–Crippen MR) is 109 cm³/mol. The van der Waals surface area contributed by atoms with E-state index in [1.54, 1.807) is 12.1 Å². The van der Waals surface area contributed by atoms with Crippen molar-refractivity contribution in [1.29, 1.82) is 0 Å². The molecule has 3 aromatic rings. The molecule has 28 heavy (non-hydrogen) atoms. The second kappa shape index (κ2) is 8.80. The van der Waals surface area contributed by atoms with Crippen LogP contribution in [-0.2, 0) is 11.2 Å². The van der Waals surface area contributed by atoms with Crippen LogP contribution < -0.4 is 10.9 Å². The molecule has 5 nitrogen and oxygen atoms in total. The largest absolute Gasteiger partial charge is 0.354 e. The highest BCUT2D eigenvalue weighted by Gasteiger charge is 2.15. The maximum absolute atomic E-state index is 13.3. The summed E-state index contributed by atoms with van der Waals surface area (Å²) in [6.07, 6.45) is 0.539. The molecule has 0 saturated heterocycles. The number of aryl methyl sites for hydroxylation is 1. The van der Waals surface area contributed by atoms with Gasteiger partial charge in [-0.1, -0.05) is 30.3 Å². The van der Waals surface area contributed by atoms with Gasteiger partial charge in [0, 0.05) is 18.5 Å². The summed E-state index contributed by atoms with van der Waals surface area (Å²) in [4.78, 5) is 29.2. The van der Waals surface area contributed by atoms with Gasteiger partial charge in [0.2, 0.25) is 5.91 Å². The average molecular weight is 381 g/mol. The molecule has 0 radical (unpaired) electrons. The summed E-state index contributed by atoms with van der Waals surface area (Å²) in [6.45, 7) is 0.489. The molecule has 3 rings (SSSR count). The maximum Gasteiger partial charge on any atom is 0.251 e. The summed E-state index contributed by atoms with van der Waals surface area (Å²) < 4.78 is 13.3. The second-order valence-electron chi connectivity index (χ2n) is 7.05. The average Bonchev–Trinajstić information content (AvgIpc) is 2.67. The highest BCUT2D eigenvalue weighted by Crippen LogP contribution is 2.17. The summed E-state index contributed by atoms with van der Waals surface area (Å²) in [6, 6.07) is 16.0. The van der Waals surface area contributed by atoms with Crippen molar-refractivity contribution in [3.05, 3.63) is 81.9 Å². The number of aromatic amines is 1. The van der Waals surface area contributed by atoms with Gasteiger partial charge >= 0.3 is 0 Å². The molecule has 146 valence electrons. The monoisotopic (exact) mass is 381 g/mol. The van der Waals surface area contributed by atoms with E-state index in [1.807, 2.05) is 44.4 Å². The van der Waals surface area contributed by atoms with Gasteiger partial charge in [0.25, 0.3) is 5.56 Å². The normalized spacial score (nSPS) is 12.3. The Morgan fingerprint density at radius 2 is 1.89 bits per heavy atom. The number of benzene rings is 2.